The predicted molar refractivity (Wildman–Crippen MR) is 79.9 cm³/mol. The van der Waals surface area contributed by atoms with Gasteiger partial charge in [-0.15, -0.1) is 0 Å². The highest BCUT2D eigenvalue weighted by Crippen LogP contribution is 2.24. The number of likely N-dealkylation sites (tertiary alicyclic amines) is 1. The highest BCUT2D eigenvalue weighted by Gasteiger charge is 2.30. The van der Waals surface area contributed by atoms with Gasteiger partial charge in [-0.05, 0) is 47.1 Å². The average Bonchev–Trinajstić information content (AvgIpc) is 3.07. The second-order valence-corrected chi connectivity index (χ2v) is 7.08. The van der Waals surface area contributed by atoms with E-state index in [0.29, 0.717) is 6.04 Å². The van der Waals surface area contributed by atoms with Gasteiger partial charge in [-0.2, -0.15) is 0 Å². The van der Waals surface area contributed by atoms with Crippen molar-refractivity contribution < 1.29 is 9.53 Å². The van der Waals surface area contributed by atoms with Crippen LogP contribution in [-0.2, 0) is 4.74 Å². The van der Waals surface area contributed by atoms with Gasteiger partial charge >= 0.3 is 6.09 Å². The molecule has 1 saturated heterocycles. The molecule has 1 atom stereocenters. The van der Waals surface area contributed by atoms with Crippen molar-refractivity contribution in [1.82, 2.24) is 15.1 Å². The molecule has 1 N–H and O–H groups in total. The lowest BCUT2D eigenvalue weighted by Crippen LogP contribution is -2.40. The van der Waals surface area contributed by atoms with Crippen LogP contribution < -0.4 is 5.32 Å². The van der Waals surface area contributed by atoms with Crippen LogP contribution >= 0.6 is 0 Å². The maximum Gasteiger partial charge on any atom is 0.410 e. The second kappa shape index (κ2) is 6.31. The van der Waals surface area contributed by atoms with Gasteiger partial charge in [-0.3, -0.25) is 0 Å². The van der Waals surface area contributed by atoms with Crippen LogP contribution in [0.5, 0.6) is 0 Å². The lowest BCUT2D eigenvalue weighted by Gasteiger charge is -2.24. The Labute approximate surface area is 122 Å². The van der Waals surface area contributed by atoms with Crippen LogP contribution in [0.2, 0.25) is 0 Å². The van der Waals surface area contributed by atoms with Crippen LogP contribution in [0.15, 0.2) is 0 Å². The van der Waals surface area contributed by atoms with Crippen LogP contribution in [0, 0.1) is 0 Å². The first-order chi connectivity index (χ1) is 9.35. The van der Waals surface area contributed by atoms with E-state index in [2.05, 4.69) is 17.3 Å². The Bertz CT molecular complexity index is 337. The molecule has 1 aliphatic heterocycles. The molecule has 116 valence electrons. The zero-order valence-electron chi connectivity index (χ0n) is 13.3. The quantitative estimate of drug-likeness (QED) is 0.834. The number of carbonyl (C=O) groups excluding carboxylic acids is 1. The molecule has 0 radical (unpaired) electrons. The van der Waals surface area contributed by atoms with Crippen LogP contribution in [0.1, 0.15) is 40.0 Å². The van der Waals surface area contributed by atoms with Gasteiger partial charge in [0.1, 0.15) is 5.60 Å². The van der Waals surface area contributed by atoms with Gasteiger partial charge in [0, 0.05) is 38.3 Å². The molecule has 0 aromatic rings. The Morgan fingerprint density at radius 1 is 1.35 bits per heavy atom. The molecule has 1 unspecified atom stereocenters. The highest BCUT2D eigenvalue weighted by molar-refractivity contribution is 5.68. The fourth-order valence-corrected chi connectivity index (χ4v) is 2.56. The zero-order chi connectivity index (χ0) is 14.8. The van der Waals surface area contributed by atoms with Gasteiger partial charge in [-0.25, -0.2) is 4.79 Å². The lowest BCUT2D eigenvalue weighted by molar-refractivity contribution is 0.0291. The number of nitrogens with one attached hydrogen (secondary N) is 1. The van der Waals surface area contributed by atoms with Crippen molar-refractivity contribution in [2.75, 3.05) is 33.2 Å². The van der Waals surface area contributed by atoms with E-state index >= 15 is 0 Å². The average molecular weight is 283 g/mol. The van der Waals surface area contributed by atoms with Gasteiger partial charge in [0.05, 0.1) is 0 Å². The van der Waals surface area contributed by atoms with E-state index < -0.39 is 5.60 Å². The fourth-order valence-electron chi connectivity index (χ4n) is 2.56. The molecule has 0 spiro atoms. The zero-order valence-corrected chi connectivity index (χ0v) is 13.3. The van der Waals surface area contributed by atoms with Crippen molar-refractivity contribution in [2.45, 2.75) is 57.7 Å². The number of rotatable bonds is 5. The van der Waals surface area contributed by atoms with E-state index in [4.69, 9.17) is 4.74 Å². The minimum absolute atomic E-state index is 0.183. The summed E-state index contributed by atoms with van der Waals surface area (Å²) < 4.78 is 5.40. The number of hydrogen-bond acceptors (Lipinski definition) is 4. The van der Waals surface area contributed by atoms with Gasteiger partial charge in [0.2, 0.25) is 0 Å². The normalized spacial score (nSPS) is 23.4. The molecule has 2 fully saturated rings. The Morgan fingerprint density at radius 2 is 2.05 bits per heavy atom. The summed E-state index contributed by atoms with van der Waals surface area (Å²) >= 11 is 0. The van der Waals surface area contributed by atoms with Gasteiger partial charge in [0.25, 0.3) is 0 Å². The summed E-state index contributed by atoms with van der Waals surface area (Å²) in [7, 11) is 2.20. The van der Waals surface area contributed by atoms with E-state index in [9.17, 15) is 4.79 Å². The monoisotopic (exact) mass is 283 g/mol. The first-order valence-electron chi connectivity index (χ1n) is 7.77. The minimum atomic E-state index is -0.407. The predicted octanol–water partition coefficient (Wildman–Crippen LogP) is 1.68. The van der Waals surface area contributed by atoms with Gasteiger partial charge in [-0.1, -0.05) is 0 Å². The minimum Gasteiger partial charge on any atom is -0.444 e. The van der Waals surface area contributed by atoms with Crippen LogP contribution in [0.25, 0.3) is 0 Å². The molecule has 1 saturated carbocycles. The number of ether oxygens (including phenoxy) is 1. The van der Waals surface area contributed by atoms with Crippen molar-refractivity contribution in [3.05, 3.63) is 0 Å². The van der Waals surface area contributed by atoms with Crippen molar-refractivity contribution in [1.29, 1.82) is 0 Å². The van der Waals surface area contributed by atoms with E-state index in [1.54, 1.807) is 0 Å². The summed E-state index contributed by atoms with van der Waals surface area (Å²) in [5.41, 5.74) is -0.407. The topological polar surface area (TPSA) is 44.8 Å². The van der Waals surface area contributed by atoms with Crippen molar-refractivity contribution >= 4 is 6.09 Å². The SMILES string of the molecule is CN(CCNC1CCN(C(=O)OC(C)(C)C)C1)C1CC1. The molecule has 20 heavy (non-hydrogen) atoms. The van der Waals surface area contributed by atoms with Crippen molar-refractivity contribution in [3.63, 3.8) is 0 Å². The molecule has 5 heteroatoms. The summed E-state index contributed by atoms with van der Waals surface area (Å²) in [5.74, 6) is 0. The van der Waals surface area contributed by atoms with Crippen LogP contribution in [0.3, 0.4) is 0 Å². The molecule has 2 aliphatic rings. The number of hydrogen-bond donors (Lipinski definition) is 1. The third kappa shape index (κ3) is 4.94. The molecule has 0 aromatic carbocycles. The maximum atomic E-state index is 12.0. The molecule has 0 bridgehead atoms. The van der Waals surface area contributed by atoms with Gasteiger partial charge in [0.15, 0.2) is 0 Å². The van der Waals surface area contributed by atoms with Crippen molar-refractivity contribution in [2.24, 2.45) is 0 Å². The molecule has 1 amide bonds. The highest BCUT2D eigenvalue weighted by atomic mass is 16.6. The van der Waals surface area contributed by atoms with E-state index in [1.807, 2.05) is 25.7 Å². The Balaban J connectivity index is 1.63. The fraction of sp³-hybridized carbons (Fsp3) is 0.933. The third-order valence-corrected chi connectivity index (χ3v) is 3.91. The smallest absolute Gasteiger partial charge is 0.410 e. The Hall–Kier alpha value is -0.810. The maximum absolute atomic E-state index is 12.0. The summed E-state index contributed by atoms with van der Waals surface area (Å²) in [5, 5.41) is 3.55. The van der Waals surface area contributed by atoms with Crippen LogP contribution in [0.4, 0.5) is 4.79 Å². The van der Waals surface area contributed by atoms with E-state index in [0.717, 1.165) is 38.6 Å². The number of amides is 1. The summed E-state index contributed by atoms with van der Waals surface area (Å²) in [6.07, 6.45) is 3.54. The Morgan fingerprint density at radius 3 is 2.65 bits per heavy atom. The lowest BCUT2D eigenvalue weighted by atomic mass is 10.2. The molecular weight excluding hydrogens is 254 g/mol. The molecule has 0 aromatic heterocycles. The third-order valence-electron chi connectivity index (χ3n) is 3.91. The van der Waals surface area contributed by atoms with E-state index in [1.165, 1.54) is 12.8 Å². The summed E-state index contributed by atoms with van der Waals surface area (Å²) in [6.45, 7) is 9.37. The van der Waals surface area contributed by atoms with Crippen molar-refractivity contribution in [3.8, 4) is 0 Å². The number of nitrogens with zero attached hydrogens (tertiary/aromatic N) is 2. The molecular formula is C15H29N3O2. The molecule has 1 aliphatic carbocycles. The Kier molecular flexibility index (Phi) is 4.91. The summed E-state index contributed by atoms with van der Waals surface area (Å²) in [6, 6.07) is 1.23. The molecule has 2 rings (SSSR count). The van der Waals surface area contributed by atoms with Gasteiger partial charge < -0.3 is 19.9 Å². The number of likely N-dealkylation sites (N-methyl/N-ethyl adjacent to an activating group) is 1. The largest absolute Gasteiger partial charge is 0.444 e. The van der Waals surface area contributed by atoms with E-state index in [-0.39, 0.29) is 6.09 Å². The molecule has 5 nitrogen and oxygen atoms in total. The summed E-state index contributed by atoms with van der Waals surface area (Å²) in [4.78, 5) is 16.2. The standard InChI is InChI=1S/C15H29N3O2/c1-15(2,3)20-14(19)18-9-7-12(11-18)16-8-10-17(4)13-5-6-13/h12-13,16H,5-11H2,1-4H3. The first kappa shape index (κ1) is 15.6. The first-order valence-corrected chi connectivity index (χ1v) is 7.77. The molecule has 1 heterocycles. The van der Waals surface area contributed by atoms with Crippen LogP contribution in [-0.4, -0.2) is 66.8 Å². The number of carbonyl (C=O) groups is 1. The second-order valence-electron chi connectivity index (χ2n) is 7.08.